The van der Waals surface area contributed by atoms with Gasteiger partial charge in [0.25, 0.3) is 0 Å². The summed E-state index contributed by atoms with van der Waals surface area (Å²) in [5, 5.41) is 2.92. The molecular formula is C27H33N3O3S. The number of likely N-dealkylation sites (N-methyl/N-ethyl adjacent to an activating group) is 1. The Morgan fingerprint density at radius 2 is 1.41 bits per heavy atom. The van der Waals surface area contributed by atoms with Gasteiger partial charge < -0.3 is 5.32 Å². The molecule has 0 saturated heterocycles. The first-order valence-corrected chi connectivity index (χ1v) is 12.9. The summed E-state index contributed by atoms with van der Waals surface area (Å²) < 4.78 is 27.3. The molecule has 0 saturated carbocycles. The number of hydrogen-bond acceptors (Lipinski definition) is 4. The number of sulfonamides is 1. The summed E-state index contributed by atoms with van der Waals surface area (Å²) in [7, 11) is -1.70. The van der Waals surface area contributed by atoms with Gasteiger partial charge in [-0.05, 0) is 42.8 Å². The van der Waals surface area contributed by atoms with Gasteiger partial charge in [0.15, 0.2) is 0 Å². The maximum Gasteiger partial charge on any atom is 0.243 e. The molecule has 0 atom stereocenters. The van der Waals surface area contributed by atoms with Crippen LogP contribution in [0.2, 0.25) is 0 Å². The molecule has 3 aromatic carbocycles. The van der Waals surface area contributed by atoms with E-state index in [4.69, 9.17) is 0 Å². The lowest BCUT2D eigenvalue weighted by Crippen LogP contribution is -2.34. The van der Waals surface area contributed by atoms with Gasteiger partial charge in [-0.1, -0.05) is 80.6 Å². The van der Waals surface area contributed by atoms with Gasteiger partial charge in [-0.2, -0.15) is 4.31 Å². The van der Waals surface area contributed by atoms with Crippen molar-refractivity contribution in [1.29, 1.82) is 0 Å². The van der Waals surface area contributed by atoms with Gasteiger partial charge in [0.1, 0.15) is 0 Å². The Bertz CT molecular complexity index is 1150. The van der Waals surface area contributed by atoms with Crippen LogP contribution in [0.3, 0.4) is 0 Å². The smallest absolute Gasteiger partial charge is 0.243 e. The summed E-state index contributed by atoms with van der Waals surface area (Å²) in [6, 6.07) is 24.9. The highest BCUT2D eigenvalue weighted by Crippen LogP contribution is 2.28. The van der Waals surface area contributed by atoms with Crippen molar-refractivity contribution in [1.82, 2.24) is 9.21 Å². The van der Waals surface area contributed by atoms with E-state index in [-0.39, 0.29) is 23.4 Å². The van der Waals surface area contributed by atoms with Gasteiger partial charge in [0.2, 0.25) is 15.9 Å². The topological polar surface area (TPSA) is 69.7 Å². The zero-order chi connectivity index (χ0) is 24.7. The van der Waals surface area contributed by atoms with Crippen molar-refractivity contribution in [2.24, 2.45) is 0 Å². The number of nitrogens with one attached hydrogen (secondary N) is 1. The second-order valence-corrected chi connectivity index (χ2v) is 10.2. The van der Waals surface area contributed by atoms with Crippen LogP contribution in [0.25, 0.3) is 0 Å². The Balaban J connectivity index is 1.82. The molecular weight excluding hydrogens is 446 g/mol. The molecule has 0 heterocycles. The summed E-state index contributed by atoms with van der Waals surface area (Å²) in [4.78, 5) is 15.2. The van der Waals surface area contributed by atoms with Gasteiger partial charge in [-0.25, -0.2) is 8.42 Å². The molecule has 0 unspecified atom stereocenters. The predicted octanol–water partition coefficient (Wildman–Crippen LogP) is 4.69. The lowest BCUT2D eigenvalue weighted by Gasteiger charge is -2.28. The largest absolute Gasteiger partial charge is 0.325 e. The first kappa shape index (κ1) is 25.6. The first-order chi connectivity index (χ1) is 16.3. The Hall–Kier alpha value is -3.00. The molecule has 34 heavy (non-hydrogen) atoms. The second kappa shape index (κ2) is 11.4. The predicted molar refractivity (Wildman–Crippen MR) is 137 cm³/mol. The minimum atomic E-state index is -3.61. The summed E-state index contributed by atoms with van der Waals surface area (Å²) in [6.07, 6.45) is 0. The van der Waals surface area contributed by atoms with Gasteiger partial charge in [0, 0.05) is 18.8 Å². The van der Waals surface area contributed by atoms with Crippen LogP contribution in [0.4, 0.5) is 5.69 Å². The van der Waals surface area contributed by atoms with Crippen molar-refractivity contribution in [2.45, 2.75) is 31.7 Å². The molecule has 3 aromatic rings. The van der Waals surface area contributed by atoms with Crippen LogP contribution in [0.15, 0.2) is 83.8 Å². The van der Waals surface area contributed by atoms with Gasteiger partial charge in [-0.15, -0.1) is 0 Å². The van der Waals surface area contributed by atoms with Crippen molar-refractivity contribution in [3.63, 3.8) is 0 Å². The lowest BCUT2D eigenvalue weighted by molar-refractivity contribution is -0.117. The zero-order valence-corrected chi connectivity index (χ0v) is 21.0. The molecule has 3 rings (SSSR count). The fourth-order valence-electron chi connectivity index (χ4n) is 4.09. The number of aryl methyl sites for hydroxylation is 1. The molecule has 0 aliphatic rings. The lowest BCUT2D eigenvalue weighted by atomic mass is 9.97. The SMILES string of the molecule is CCN(CC)S(=O)(=O)c1ccc(C)c(NC(=O)CN(C)C(c2ccccc2)c2ccccc2)c1. The van der Waals surface area contributed by atoms with E-state index in [0.29, 0.717) is 18.8 Å². The van der Waals surface area contributed by atoms with E-state index in [0.717, 1.165) is 16.7 Å². The normalized spacial score (nSPS) is 11.9. The maximum absolute atomic E-state index is 13.0. The van der Waals surface area contributed by atoms with Crippen LogP contribution in [0, 0.1) is 6.92 Å². The molecule has 0 radical (unpaired) electrons. The van der Waals surface area contributed by atoms with Crippen molar-refractivity contribution < 1.29 is 13.2 Å². The quantitative estimate of drug-likeness (QED) is 0.458. The molecule has 1 N–H and O–H groups in total. The number of anilines is 1. The minimum Gasteiger partial charge on any atom is -0.325 e. The molecule has 0 bridgehead atoms. The minimum absolute atomic E-state index is 0.0939. The Kier molecular flexibility index (Phi) is 8.61. The zero-order valence-electron chi connectivity index (χ0n) is 20.2. The third-order valence-corrected chi connectivity index (χ3v) is 7.94. The third kappa shape index (κ3) is 5.91. The fraction of sp³-hybridized carbons (Fsp3) is 0.296. The molecule has 0 aliphatic carbocycles. The van der Waals surface area contributed by atoms with E-state index in [9.17, 15) is 13.2 Å². The summed E-state index contributed by atoms with van der Waals surface area (Å²) >= 11 is 0. The van der Waals surface area contributed by atoms with Crippen LogP contribution < -0.4 is 5.32 Å². The first-order valence-electron chi connectivity index (χ1n) is 11.5. The van der Waals surface area contributed by atoms with E-state index in [1.165, 1.54) is 4.31 Å². The molecule has 180 valence electrons. The van der Waals surface area contributed by atoms with E-state index in [1.54, 1.807) is 18.2 Å². The van der Waals surface area contributed by atoms with E-state index < -0.39 is 10.0 Å². The van der Waals surface area contributed by atoms with Crippen molar-refractivity contribution in [3.05, 3.63) is 95.6 Å². The average molecular weight is 480 g/mol. The van der Waals surface area contributed by atoms with Crippen LogP contribution in [-0.4, -0.2) is 50.2 Å². The van der Waals surface area contributed by atoms with Gasteiger partial charge in [0.05, 0.1) is 17.5 Å². The molecule has 0 aromatic heterocycles. The Morgan fingerprint density at radius 1 is 0.882 bits per heavy atom. The number of benzene rings is 3. The van der Waals surface area contributed by atoms with Crippen LogP contribution in [0.1, 0.15) is 36.6 Å². The average Bonchev–Trinajstić information content (AvgIpc) is 2.82. The monoisotopic (exact) mass is 479 g/mol. The van der Waals surface area contributed by atoms with Gasteiger partial charge in [-0.3, -0.25) is 9.69 Å². The number of nitrogens with zero attached hydrogens (tertiary/aromatic N) is 2. The molecule has 1 amide bonds. The highest BCUT2D eigenvalue weighted by molar-refractivity contribution is 7.89. The number of hydrogen-bond donors (Lipinski definition) is 1. The molecule has 7 heteroatoms. The second-order valence-electron chi connectivity index (χ2n) is 8.25. The van der Waals surface area contributed by atoms with Crippen LogP contribution >= 0.6 is 0 Å². The van der Waals surface area contributed by atoms with E-state index >= 15 is 0 Å². The number of carbonyl (C=O) groups excluding carboxylic acids is 1. The van der Waals surface area contributed by atoms with Crippen molar-refractivity contribution >= 4 is 21.6 Å². The molecule has 6 nitrogen and oxygen atoms in total. The Labute approximate surface area is 203 Å². The number of rotatable bonds is 10. The number of carbonyl (C=O) groups is 1. The highest BCUT2D eigenvalue weighted by Gasteiger charge is 2.24. The van der Waals surface area contributed by atoms with E-state index in [1.807, 2.05) is 69.1 Å². The molecule has 0 fully saturated rings. The highest BCUT2D eigenvalue weighted by atomic mass is 32.2. The van der Waals surface area contributed by atoms with E-state index in [2.05, 4.69) is 29.6 Å². The summed E-state index contributed by atoms with van der Waals surface area (Å²) in [5.41, 5.74) is 3.49. The van der Waals surface area contributed by atoms with Crippen LogP contribution in [0.5, 0.6) is 0 Å². The van der Waals surface area contributed by atoms with Crippen LogP contribution in [-0.2, 0) is 14.8 Å². The fourth-order valence-corrected chi connectivity index (χ4v) is 5.57. The summed E-state index contributed by atoms with van der Waals surface area (Å²) in [5.74, 6) is -0.208. The molecule has 0 spiro atoms. The number of amides is 1. The van der Waals surface area contributed by atoms with Crippen molar-refractivity contribution in [3.8, 4) is 0 Å². The summed E-state index contributed by atoms with van der Waals surface area (Å²) in [6.45, 7) is 6.39. The third-order valence-electron chi connectivity index (χ3n) is 5.89. The molecule has 0 aliphatic heterocycles. The van der Waals surface area contributed by atoms with Crippen molar-refractivity contribution in [2.75, 3.05) is 32.0 Å². The standard InChI is InChI=1S/C27H33N3O3S/c1-5-30(6-2)34(32,33)24-18-17-21(3)25(19-24)28-26(31)20-29(4)27(22-13-9-7-10-14-22)23-15-11-8-12-16-23/h7-19,27H,5-6,20H2,1-4H3,(H,28,31). The van der Waals surface area contributed by atoms with Gasteiger partial charge >= 0.3 is 0 Å². The maximum atomic E-state index is 13.0. The Morgan fingerprint density at radius 3 is 1.91 bits per heavy atom.